The second-order valence-electron chi connectivity index (χ2n) is 9.32. The number of aromatic nitrogens is 3. The number of piperidine rings is 1. The van der Waals surface area contributed by atoms with Crippen molar-refractivity contribution in [2.24, 2.45) is 0 Å². The fourth-order valence-corrected chi connectivity index (χ4v) is 6.42. The molecule has 0 aromatic carbocycles. The van der Waals surface area contributed by atoms with E-state index in [1.807, 2.05) is 24.2 Å². The summed E-state index contributed by atoms with van der Waals surface area (Å²) in [6, 6.07) is 5.79. The van der Waals surface area contributed by atoms with Crippen molar-refractivity contribution in [3.8, 4) is 10.6 Å². The first-order chi connectivity index (χ1) is 15.9. The van der Waals surface area contributed by atoms with Crippen molar-refractivity contribution >= 4 is 29.0 Å². The molecule has 1 saturated heterocycles. The lowest BCUT2D eigenvalue weighted by Crippen LogP contribution is -2.29. The van der Waals surface area contributed by atoms with E-state index in [2.05, 4.69) is 38.3 Å². The van der Waals surface area contributed by atoms with Crippen molar-refractivity contribution in [2.75, 3.05) is 32.5 Å². The highest BCUT2D eigenvalue weighted by atomic mass is 32.1. The van der Waals surface area contributed by atoms with E-state index in [1.54, 1.807) is 6.07 Å². The molecule has 0 bridgehead atoms. The Bertz CT molecular complexity index is 1230. The number of carbonyl (C=O) groups is 1. The number of anilines is 2. The number of nitrogens with one attached hydrogen (secondary N) is 1. The number of pyridine rings is 1. The zero-order valence-corrected chi connectivity index (χ0v) is 19.5. The molecule has 3 aromatic heterocycles. The fraction of sp³-hybridized carbons (Fsp3) is 0.417. The van der Waals surface area contributed by atoms with Gasteiger partial charge in [-0.05, 0) is 69.4 Å². The molecule has 2 aliphatic heterocycles. The standard InChI is InChI=1S/C24H25FN6OS/c1-30-9-5-14(6-10-30)15-3-4-19(26-12-15)28-23-27-13-17(25)20(29-23)18-11-16-21(33-18)24(7-8-24)31(2)22(16)32/h3-4,11-14H,5-10H2,1-2H3,(H,26,27,28,29). The Morgan fingerprint density at radius 1 is 1.15 bits per heavy atom. The SMILES string of the molecule is CN1CCC(c2ccc(Nc3ncc(F)c(-c4cc5c(s4)C4(CC4)N(C)C5=O)n3)nc2)CC1. The van der Waals surface area contributed by atoms with E-state index in [0.29, 0.717) is 22.2 Å². The molecule has 0 radical (unpaired) electrons. The predicted octanol–water partition coefficient (Wildman–Crippen LogP) is 4.37. The number of nitrogens with zero attached hydrogens (tertiary/aromatic N) is 5. The molecule has 1 spiro atoms. The van der Waals surface area contributed by atoms with Crippen LogP contribution in [0.5, 0.6) is 0 Å². The highest BCUT2D eigenvalue weighted by molar-refractivity contribution is 7.16. The van der Waals surface area contributed by atoms with Crippen LogP contribution in [0.4, 0.5) is 16.2 Å². The van der Waals surface area contributed by atoms with Crippen LogP contribution in [0.3, 0.4) is 0 Å². The Kier molecular flexibility index (Phi) is 4.74. The Balaban J connectivity index is 1.23. The summed E-state index contributed by atoms with van der Waals surface area (Å²) in [5.41, 5.74) is 1.94. The third kappa shape index (κ3) is 3.41. The normalized spacial score (nSPS) is 19.8. The Morgan fingerprint density at radius 2 is 1.94 bits per heavy atom. The van der Waals surface area contributed by atoms with Crippen molar-refractivity contribution in [3.63, 3.8) is 0 Å². The highest BCUT2D eigenvalue weighted by Gasteiger charge is 2.57. The van der Waals surface area contributed by atoms with Gasteiger partial charge in [-0.25, -0.2) is 19.3 Å². The number of likely N-dealkylation sites (tertiary alicyclic amines) is 1. The molecule has 3 aromatic rings. The van der Waals surface area contributed by atoms with Crippen LogP contribution in [0.1, 0.15) is 52.4 Å². The molecule has 5 heterocycles. The van der Waals surface area contributed by atoms with Crippen LogP contribution in [0.2, 0.25) is 0 Å². The first-order valence-corrected chi connectivity index (χ1v) is 12.1. The van der Waals surface area contributed by atoms with Gasteiger partial charge in [0.25, 0.3) is 5.91 Å². The highest BCUT2D eigenvalue weighted by Crippen LogP contribution is 2.59. The molecule has 7 nitrogen and oxygen atoms in total. The molecule has 6 rings (SSSR count). The summed E-state index contributed by atoms with van der Waals surface area (Å²) in [5.74, 6) is 0.938. The minimum atomic E-state index is -0.503. The largest absolute Gasteiger partial charge is 0.331 e. The molecule has 9 heteroatoms. The third-order valence-electron chi connectivity index (χ3n) is 7.25. The summed E-state index contributed by atoms with van der Waals surface area (Å²) in [7, 11) is 4.00. The molecular weight excluding hydrogens is 439 g/mol. The summed E-state index contributed by atoms with van der Waals surface area (Å²) < 4.78 is 14.7. The van der Waals surface area contributed by atoms with Crippen LogP contribution in [0.25, 0.3) is 10.6 Å². The van der Waals surface area contributed by atoms with E-state index < -0.39 is 5.82 Å². The molecule has 2 fully saturated rings. The lowest BCUT2D eigenvalue weighted by molar-refractivity contribution is 0.0756. The van der Waals surface area contributed by atoms with Crippen LogP contribution < -0.4 is 5.32 Å². The number of amides is 1. The van der Waals surface area contributed by atoms with Gasteiger partial charge in [-0.2, -0.15) is 0 Å². The summed E-state index contributed by atoms with van der Waals surface area (Å²) in [5, 5.41) is 3.09. The maximum Gasteiger partial charge on any atom is 0.255 e. The lowest BCUT2D eigenvalue weighted by Gasteiger charge is -2.29. The number of fused-ring (bicyclic) bond motifs is 2. The molecule has 1 aliphatic carbocycles. The number of halogens is 1. The van der Waals surface area contributed by atoms with E-state index in [9.17, 15) is 9.18 Å². The molecule has 0 unspecified atom stereocenters. The van der Waals surface area contributed by atoms with E-state index in [-0.39, 0.29) is 23.1 Å². The Morgan fingerprint density at radius 3 is 2.64 bits per heavy atom. The molecule has 3 aliphatic rings. The molecule has 1 N–H and O–H groups in total. The molecule has 1 amide bonds. The van der Waals surface area contributed by atoms with E-state index in [0.717, 1.165) is 43.6 Å². The first kappa shape index (κ1) is 20.7. The van der Waals surface area contributed by atoms with Gasteiger partial charge in [-0.15, -0.1) is 11.3 Å². The average molecular weight is 465 g/mol. The van der Waals surface area contributed by atoms with Gasteiger partial charge in [0.1, 0.15) is 11.5 Å². The van der Waals surface area contributed by atoms with Crippen molar-refractivity contribution in [1.82, 2.24) is 24.8 Å². The monoisotopic (exact) mass is 464 g/mol. The van der Waals surface area contributed by atoms with Gasteiger partial charge < -0.3 is 15.1 Å². The van der Waals surface area contributed by atoms with Gasteiger partial charge in [0.2, 0.25) is 5.95 Å². The first-order valence-electron chi connectivity index (χ1n) is 11.3. The Hall–Kier alpha value is -2.91. The maximum absolute atomic E-state index is 14.7. The number of thiophene rings is 1. The number of carbonyl (C=O) groups excluding carboxylic acids is 1. The molecule has 33 heavy (non-hydrogen) atoms. The van der Waals surface area contributed by atoms with Gasteiger partial charge in [0, 0.05) is 18.1 Å². The zero-order chi connectivity index (χ0) is 22.7. The van der Waals surface area contributed by atoms with Gasteiger partial charge in [0.15, 0.2) is 5.82 Å². The molecular formula is C24H25FN6OS. The minimum absolute atomic E-state index is 0.00622. The van der Waals surface area contributed by atoms with Crippen LogP contribution in [0, 0.1) is 5.82 Å². The van der Waals surface area contributed by atoms with Gasteiger partial charge in [-0.1, -0.05) is 6.07 Å². The van der Waals surface area contributed by atoms with Gasteiger partial charge in [0.05, 0.1) is 22.2 Å². The van der Waals surface area contributed by atoms with Crippen LogP contribution in [0.15, 0.2) is 30.6 Å². The predicted molar refractivity (Wildman–Crippen MR) is 125 cm³/mol. The Labute approximate surface area is 195 Å². The zero-order valence-electron chi connectivity index (χ0n) is 18.6. The second-order valence-corrected chi connectivity index (χ2v) is 10.4. The molecule has 1 saturated carbocycles. The quantitative estimate of drug-likeness (QED) is 0.618. The topological polar surface area (TPSA) is 74.2 Å². The van der Waals surface area contributed by atoms with Crippen molar-refractivity contribution < 1.29 is 9.18 Å². The summed E-state index contributed by atoms with van der Waals surface area (Å²) in [4.78, 5) is 31.5. The second kappa shape index (κ2) is 7.56. The summed E-state index contributed by atoms with van der Waals surface area (Å²) >= 11 is 1.46. The smallest absolute Gasteiger partial charge is 0.255 e. The third-order valence-corrected chi connectivity index (χ3v) is 8.58. The summed E-state index contributed by atoms with van der Waals surface area (Å²) in [6.45, 7) is 2.21. The fourth-order valence-electron chi connectivity index (χ4n) is 5.00. The maximum atomic E-state index is 14.7. The van der Waals surface area contributed by atoms with Crippen molar-refractivity contribution in [1.29, 1.82) is 0 Å². The van der Waals surface area contributed by atoms with Crippen molar-refractivity contribution in [2.45, 2.75) is 37.1 Å². The van der Waals surface area contributed by atoms with E-state index in [1.165, 1.54) is 23.1 Å². The minimum Gasteiger partial charge on any atom is -0.331 e. The van der Waals surface area contributed by atoms with Crippen molar-refractivity contribution in [3.05, 3.63) is 52.4 Å². The lowest BCUT2D eigenvalue weighted by atomic mass is 9.91. The van der Waals surface area contributed by atoms with Gasteiger partial charge >= 0.3 is 0 Å². The average Bonchev–Trinajstić information content (AvgIpc) is 3.48. The van der Waals surface area contributed by atoms with Gasteiger partial charge in [-0.3, -0.25) is 4.79 Å². The number of hydrogen-bond acceptors (Lipinski definition) is 7. The molecule has 0 atom stereocenters. The van der Waals surface area contributed by atoms with E-state index in [4.69, 9.17) is 0 Å². The molecule has 170 valence electrons. The van der Waals surface area contributed by atoms with Crippen LogP contribution in [-0.2, 0) is 5.54 Å². The number of hydrogen-bond donors (Lipinski definition) is 1. The van der Waals surface area contributed by atoms with Crippen LogP contribution in [-0.4, -0.2) is 57.8 Å². The summed E-state index contributed by atoms with van der Waals surface area (Å²) in [6.07, 6.45) is 7.27. The number of rotatable bonds is 4. The van der Waals surface area contributed by atoms with E-state index >= 15 is 0 Å². The van der Waals surface area contributed by atoms with Crippen LogP contribution >= 0.6 is 11.3 Å².